The van der Waals surface area contributed by atoms with Crippen LogP contribution < -0.4 is 0 Å². The zero-order chi connectivity index (χ0) is 25.9. The summed E-state index contributed by atoms with van der Waals surface area (Å²) in [6.45, 7) is 26.0. The molecule has 2 nitrogen and oxygen atoms in total. The van der Waals surface area contributed by atoms with Gasteiger partial charge in [0.2, 0.25) is 0 Å². The Morgan fingerprint density at radius 3 is 1.12 bits per heavy atom. The van der Waals surface area contributed by atoms with E-state index in [1.54, 1.807) is 0 Å². The number of benzene rings is 2. The van der Waals surface area contributed by atoms with Gasteiger partial charge in [0, 0.05) is 0 Å². The average molecular weight is 463 g/mol. The van der Waals surface area contributed by atoms with Crippen LogP contribution in [0.25, 0.3) is 11.1 Å². The second-order valence-electron chi connectivity index (χ2n) is 12.7. The van der Waals surface area contributed by atoms with Crippen molar-refractivity contribution in [2.24, 2.45) is 10.8 Å². The molecule has 0 heterocycles. The van der Waals surface area contributed by atoms with Crippen molar-refractivity contribution >= 4 is 11.1 Å². The molecule has 0 aliphatic carbocycles. The lowest BCUT2D eigenvalue weighted by molar-refractivity contribution is -0.410. The number of rotatable bonds is 7. The van der Waals surface area contributed by atoms with Crippen LogP contribution >= 0.6 is 0 Å². The summed E-state index contributed by atoms with van der Waals surface area (Å²) in [5.41, 5.74) is 6.02. The van der Waals surface area contributed by atoms with Gasteiger partial charge in [-0.1, -0.05) is 102 Å². The highest BCUT2D eigenvalue weighted by atomic mass is 17.2. The fourth-order valence-corrected chi connectivity index (χ4v) is 4.46. The Balaban J connectivity index is 2.38. The van der Waals surface area contributed by atoms with Gasteiger partial charge in [0.1, 0.15) is 11.2 Å². The van der Waals surface area contributed by atoms with Crippen LogP contribution in [-0.2, 0) is 21.0 Å². The summed E-state index contributed by atoms with van der Waals surface area (Å²) in [6.07, 6.45) is 4.63. The normalized spacial score (nSPS) is 14.5. The van der Waals surface area contributed by atoms with E-state index in [4.69, 9.17) is 9.78 Å². The van der Waals surface area contributed by atoms with Crippen molar-refractivity contribution < 1.29 is 9.78 Å². The van der Waals surface area contributed by atoms with Crippen molar-refractivity contribution in [1.29, 1.82) is 0 Å². The summed E-state index contributed by atoms with van der Waals surface area (Å²) in [4.78, 5) is 12.5. The summed E-state index contributed by atoms with van der Waals surface area (Å²) in [6, 6.07) is 16.9. The van der Waals surface area contributed by atoms with Gasteiger partial charge in [0.15, 0.2) is 0 Å². The molecule has 0 fully saturated rings. The molecule has 0 N–H and O–H groups in total. The van der Waals surface area contributed by atoms with Crippen LogP contribution in [0.2, 0.25) is 0 Å². The maximum absolute atomic E-state index is 6.24. The summed E-state index contributed by atoms with van der Waals surface area (Å²) in [7, 11) is 0. The fraction of sp³-hybridized carbons (Fsp3) is 0.500. The highest BCUT2D eigenvalue weighted by molar-refractivity contribution is 5.69. The van der Waals surface area contributed by atoms with E-state index in [2.05, 4.69) is 144 Å². The van der Waals surface area contributed by atoms with Crippen molar-refractivity contribution in [1.82, 2.24) is 0 Å². The Kier molecular flexibility index (Phi) is 8.44. The van der Waals surface area contributed by atoms with Gasteiger partial charge in [-0.05, 0) is 85.8 Å². The minimum Gasteiger partial charge on any atom is -0.225 e. The first kappa shape index (κ1) is 28.1. The van der Waals surface area contributed by atoms with Gasteiger partial charge in [-0.2, -0.15) is 0 Å². The van der Waals surface area contributed by atoms with Crippen LogP contribution in [-0.4, -0.2) is 0 Å². The number of hydrogen-bond acceptors (Lipinski definition) is 2. The molecule has 0 bridgehead atoms. The molecular formula is C32H46O2. The monoisotopic (exact) mass is 462 g/mol. The summed E-state index contributed by atoms with van der Waals surface area (Å²) in [5.74, 6) is 0. The average Bonchev–Trinajstić information content (AvgIpc) is 2.70. The zero-order valence-corrected chi connectivity index (χ0v) is 23.6. The fourth-order valence-electron chi connectivity index (χ4n) is 4.46. The Morgan fingerprint density at radius 1 is 0.529 bits per heavy atom. The zero-order valence-electron chi connectivity index (χ0n) is 23.6. The van der Waals surface area contributed by atoms with E-state index in [0.29, 0.717) is 0 Å². The van der Waals surface area contributed by atoms with E-state index in [1.807, 2.05) is 0 Å². The number of hydrogen-bond donors (Lipinski definition) is 0. The Bertz CT molecular complexity index is 952. The smallest absolute Gasteiger partial charge is 0.123 e. The molecule has 0 aliphatic heterocycles. The van der Waals surface area contributed by atoms with E-state index in [-0.39, 0.29) is 10.8 Å². The van der Waals surface area contributed by atoms with Gasteiger partial charge in [-0.3, -0.25) is 0 Å². The van der Waals surface area contributed by atoms with Crippen LogP contribution in [0.3, 0.4) is 0 Å². The minimum atomic E-state index is -0.633. The maximum Gasteiger partial charge on any atom is 0.123 e. The molecule has 0 radical (unpaired) electrons. The molecule has 0 amide bonds. The van der Waals surface area contributed by atoms with Gasteiger partial charge < -0.3 is 0 Å². The third kappa shape index (κ3) is 7.68. The molecule has 0 aromatic heterocycles. The highest BCUT2D eigenvalue weighted by Gasteiger charge is 2.32. The van der Waals surface area contributed by atoms with Crippen molar-refractivity contribution in [3.63, 3.8) is 0 Å². The summed E-state index contributed by atoms with van der Waals surface area (Å²) in [5, 5.41) is 0. The Labute approximate surface area is 209 Å². The predicted molar refractivity (Wildman–Crippen MR) is 147 cm³/mol. The van der Waals surface area contributed by atoms with Crippen molar-refractivity contribution in [2.45, 2.75) is 94.3 Å². The van der Waals surface area contributed by atoms with Crippen molar-refractivity contribution in [2.75, 3.05) is 0 Å². The highest BCUT2D eigenvalue weighted by Crippen LogP contribution is 2.38. The van der Waals surface area contributed by atoms with Gasteiger partial charge in [-0.15, -0.1) is 0 Å². The topological polar surface area (TPSA) is 18.5 Å². The standard InChI is InChI=1S/C32H46O2/c1-23(21-29(3,4)5)25-17-13-15-19-27(25)31(9,10)33-34-32(11,12)28-20-16-14-18-26(28)24(2)22-30(6,7)8/h13-22H,1-12H3/b23-21-,24-22-. The molecule has 0 unspecified atom stereocenters. The number of allylic oxidation sites excluding steroid dienone is 4. The van der Waals surface area contributed by atoms with Crippen LogP contribution in [0.4, 0.5) is 0 Å². The summed E-state index contributed by atoms with van der Waals surface area (Å²) >= 11 is 0. The summed E-state index contributed by atoms with van der Waals surface area (Å²) < 4.78 is 0. The first-order valence-corrected chi connectivity index (χ1v) is 12.4. The molecule has 2 aromatic carbocycles. The molecule has 0 saturated carbocycles. The van der Waals surface area contributed by atoms with Gasteiger partial charge in [0.25, 0.3) is 0 Å². The van der Waals surface area contributed by atoms with Crippen LogP contribution in [0, 0.1) is 10.8 Å². The van der Waals surface area contributed by atoms with Crippen molar-refractivity contribution in [3.05, 3.63) is 82.9 Å². The molecule has 2 rings (SSSR count). The predicted octanol–water partition coefficient (Wildman–Crippen LogP) is 9.70. The lowest BCUT2D eigenvalue weighted by atomic mass is 9.86. The maximum atomic E-state index is 6.24. The van der Waals surface area contributed by atoms with Crippen LogP contribution in [0.1, 0.15) is 105 Å². The van der Waals surface area contributed by atoms with E-state index >= 15 is 0 Å². The third-order valence-corrected chi connectivity index (χ3v) is 5.76. The molecule has 2 heteroatoms. The van der Waals surface area contributed by atoms with E-state index in [9.17, 15) is 0 Å². The van der Waals surface area contributed by atoms with Gasteiger partial charge >= 0.3 is 0 Å². The molecular weight excluding hydrogens is 416 g/mol. The van der Waals surface area contributed by atoms with E-state index in [0.717, 1.165) is 11.1 Å². The molecule has 0 aliphatic rings. The molecule has 186 valence electrons. The quantitative estimate of drug-likeness (QED) is 0.301. The first-order chi connectivity index (χ1) is 15.4. The minimum absolute atomic E-state index is 0.100. The second-order valence-corrected chi connectivity index (χ2v) is 12.7. The lowest BCUT2D eigenvalue weighted by Gasteiger charge is -2.33. The van der Waals surface area contributed by atoms with Crippen LogP contribution in [0.15, 0.2) is 60.7 Å². The van der Waals surface area contributed by atoms with Crippen LogP contribution in [0.5, 0.6) is 0 Å². The molecule has 0 spiro atoms. The van der Waals surface area contributed by atoms with Gasteiger partial charge in [-0.25, -0.2) is 9.78 Å². The molecule has 2 aromatic rings. The molecule has 0 atom stereocenters. The van der Waals surface area contributed by atoms with Crippen molar-refractivity contribution in [3.8, 4) is 0 Å². The lowest BCUT2D eigenvalue weighted by Crippen LogP contribution is -2.31. The SMILES string of the molecule is C/C(=C/C(C)(C)C)c1ccccc1C(C)(C)OOC(C)(C)c1ccccc1/C(C)=C\C(C)(C)C. The Hall–Kier alpha value is -2.16. The Morgan fingerprint density at radius 2 is 0.824 bits per heavy atom. The molecule has 34 heavy (non-hydrogen) atoms. The third-order valence-electron chi connectivity index (χ3n) is 5.76. The second kappa shape index (κ2) is 10.2. The largest absolute Gasteiger partial charge is 0.225 e. The van der Waals surface area contributed by atoms with E-state index < -0.39 is 11.2 Å². The molecule has 0 saturated heterocycles. The first-order valence-electron chi connectivity index (χ1n) is 12.4. The van der Waals surface area contributed by atoms with E-state index in [1.165, 1.54) is 22.3 Å². The van der Waals surface area contributed by atoms with Gasteiger partial charge in [0.05, 0.1) is 0 Å².